The van der Waals surface area contributed by atoms with Gasteiger partial charge in [0.25, 0.3) is 0 Å². The van der Waals surface area contributed by atoms with Gasteiger partial charge in [0.05, 0.1) is 6.61 Å². The van der Waals surface area contributed by atoms with Crippen LogP contribution in [0, 0.1) is 0 Å². The molecule has 3 heteroatoms. The van der Waals surface area contributed by atoms with Crippen LogP contribution in [0.3, 0.4) is 0 Å². The molecule has 0 fully saturated rings. The number of rotatable bonds is 8. The lowest BCUT2D eigenvalue weighted by Gasteiger charge is -2.24. The van der Waals surface area contributed by atoms with Gasteiger partial charge in [-0.2, -0.15) is 0 Å². The van der Waals surface area contributed by atoms with Crippen molar-refractivity contribution in [1.82, 2.24) is 0 Å². The molecule has 2 unspecified atom stereocenters. The van der Waals surface area contributed by atoms with Crippen LogP contribution in [0.4, 0.5) is 0 Å². The second kappa shape index (κ2) is 8.11. The molecule has 3 nitrogen and oxygen atoms in total. The first-order valence-corrected chi connectivity index (χ1v) is 6.71. The highest BCUT2D eigenvalue weighted by Gasteiger charge is 2.16. The minimum absolute atomic E-state index is 0.0859. The maximum absolute atomic E-state index is 6.13. The first-order valence-electron chi connectivity index (χ1n) is 6.71. The fourth-order valence-electron chi connectivity index (χ4n) is 2.04. The van der Waals surface area contributed by atoms with Crippen LogP contribution in [-0.4, -0.2) is 19.3 Å². The highest BCUT2D eigenvalue weighted by molar-refractivity contribution is 5.28. The first kappa shape index (κ1) is 15.0. The summed E-state index contributed by atoms with van der Waals surface area (Å²) >= 11 is 0. The van der Waals surface area contributed by atoms with Gasteiger partial charge < -0.3 is 15.2 Å². The number of nitrogens with two attached hydrogens (primary N) is 1. The summed E-state index contributed by atoms with van der Waals surface area (Å²) in [7, 11) is 1.69. The summed E-state index contributed by atoms with van der Waals surface area (Å²) in [5, 5.41) is 0. The maximum atomic E-state index is 6.13. The third kappa shape index (κ3) is 4.67. The molecule has 0 aromatic heterocycles. The molecule has 0 aliphatic carbocycles. The van der Waals surface area contributed by atoms with Crippen molar-refractivity contribution < 1.29 is 9.47 Å². The van der Waals surface area contributed by atoms with Crippen molar-refractivity contribution in [3.63, 3.8) is 0 Å². The Morgan fingerprint density at radius 1 is 1.28 bits per heavy atom. The van der Waals surface area contributed by atoms with E-state index < -0.39 is 0 Å². The number of hydrogen-bond donors (Lipinski definition) is 1. The van der Waals surface area contributed by atoms with Crippen LogP contribution in [0.2, 0.25) is 0 Å². The number of ether oxygens (including phenoxy) is 2. The topological polar surface area (TPSA) is 44.5 Å². The summed E-state index contributed by atoms with van der Waals surface area (Å²) in [6, 6.07) is 8.11. The average Bonchev–Trinajstić information content (AvgIpc) is 2.37. The molecule has 0 heterocycles. The Bertz CT molecular complexity index is 341. The van der Waals surface area contributed by atoms with Gasteiger partial charge in [-0.25, -0.2) is 0 Å². The highest BCUT2D eigenvalue weighted by Crippen LogP contribution is 2.18. The lowest BCUT2D eigenvalue weighted by molar-refractivity contribution is 0.159. The number of methoxy groups -OCH3 is 1. The fourth-order valence-corrected chi connectivity index (χ4v) is 2.04. The second-order valence-corrected chi connectivity index (χ2v) is 4.60. The van der Waals surface area contributed by atoms with Gasteiger partial charge in [-0.15, -0.1) is 0 Å². The molecule has 1 aromatic rings. The summed E-state index contributed by atoms with van der Waals surface area (Å²) in [5.41, 5.74) is 7.25. The molecule has 0 bridgehead atoms. The summed E-state index contributed by atoms with van der Waals surface area (Å²) in [6.07, 6.45) is 3.10. The fraction of sp³-hybridized carbons (Fsp3) is 0.600. The molecule has 0 saturated heterocycles. The molecule has 18 heavy (non-hydrogen) atoms. The summed E-state index contributed by atoms with van der Waals surface area (Å²) in [4.78, 5) is 0. The molecule has 2 N–H and O–H groups in total. The molecule has 0 aliphatic rings. The van der Waals surface area contributed by atoms with Crippen molar-refractivity contribution in [3.05, 3.63) is 29.8 Å². The Balaban J connectivity index is 2.66. The van der Waals surface area contributed by atoms with Crippen LogP contribution in [0.15, 0.2) is 24.3 Å². The van der Waals surface area contributed by atoms with E-state index >= 15 is 0 Å². The quantitative estimate of drug-likeness (QED) is 0.772. The van der Waals surface area contributed by atoms with E-state index in [2.05, 4.69) is 13.8 Å². The van der Waals surface area contributed by atoms with Gasteiger partial charge in [0.15, 0.2) is 0 Å². The molecular weight excluding hydrogens is 226 g/mol. The van der Waals surface area contributed by atoms with Gasteiger partial charge in [-0.1, -0.05) is 32.4 Å². The lowest BCUT2D eigenvalue weighted by Crippen LogP contribution is -2.38. The highest BCUT2D eigenvalue weighted by atomic mass is 16.5. The van der Waals surface area contributed by atoms with Crippen LogP contribution in [0.5, 0.6) is 5.75 Å². The summed E-state index contributed by atoms with van der Waals surface area (Å²) < 4.78 is 11.1. The minimum atomic E-state index is 0.0859. The Hall–Kier alpha value is -1.06. The van der Waals surface area contributed by atoms with Gasteiger partial charge in [0.2, 0.25) is 0 Å². The standard InChI is InChI=1S/C15H25NO2/c1-4-7-14(16)15(5-2)18-13-9-6-8-12(10-13)11-17-3/h6,8-10,14-15H,4-5,7,11,16H2,1-3H3. The Morgan fingerprint density at radius 2 is 2.06 bits per heavy atom. The molecule has 1 rings (SSSR count). The largest absolute Gasteiger partial charge is 0.489 e. The predicted octanol–water partition coefficient (Wildman–Crippen LogP) is 3.12. The van der Waals surface area contributed by atoms with Crippen molar-refractivity contribution in [2.24, 2.45) is 5.73 Å². The van der Waals surface area contributed by atoms with Crippen LogP contribution >= 0.6 is 0 Å². The zero-order valence-electron chi connectivity index (χ0n) is 11.7. The van der Waals surface area contributed by atoms with E-state index in [9.17, 15) is 0 Å². The van der Waals surface area contributed by atoms with E-state index in [4.69, 9.17) is 15.2 Å². The van der Waals surface area contributed by atoms with E-state index in [1.54, 1.807) is 7.11 Å². The Morgan fingerprint density at radius 3 is 2.67 bits per heavy atom. The second-order valence-electron chi connectivity index (χ2n) is 4.60. The van der Waals surface area contributed by atoms with E-state index in [0.29, 0.717) is 6.61 Å². The third-order valence-electron chi connectivity index (χ3n) is 3.00. The van der Waals surface area contributed by atoms with E-state index in [-0.39, 0.29) is 12.1 Å². The molecule has 0 radical (unpaired) electrons. The molecule has 1 aromatic carbocycles. The van der Waals surface area contributed by atoms with Crippen molar-refractivity contribution >= 4 is 0 Å². The maximum Gasteiger partial charge on any atom is 0.120 e. The zero-order valence-corrected chi connectivity index (χ0v) is 11.7. The van der Waals surface area contributed by atoms with E-state index in [1.807, 2.05) is 24.3 Å². The van der Waals surface area contributed by atoms with E-state index in [0.717, 1.165) is 30.6 Å². The molecule has 2 atom stereocenters. The third-order valence-corrected chi connectivity index (χ3v) is 3.00. The lowest BCUT2D eigenvalue weighted by atomic mass is 10.0. The van der Waals surface area contributed by atoms with Crippen LogP contribution in [-0.2, 0) is 11.3 Å². The number of benzene rings is 1. The van der Waals surface area contributed by atoms with Crippen molar-refractivity contribution in [2.45, 2.75) is 51.9 Å². The smallest absolute Gasteiger partial charge is 0.120 e. The van der Waals surface area contributed by atoms with Crippen molar-refractivity contribution in [2.75, 3.05) is 7.11 Å². The molecule has 0 amide bonds. The van der Waals surface area contributed by atoms with Gasteiger partial charge >= 0.3 is 0 Å². The average molecular weight is 251 g/mol. The van der Waals surface area contributed by atoms with Crippen LogP contribution in [0.1, 0.15) is 38.7 Å². The van der Waals surface area contributed by atoms with Crippen molar-refractivity contribution in [1.29, 1.82) is 0 Å². The van der Waals surface area contributed by atoms with Gasteiger partial charge in [0, 0.05) is 13.2 Å². The molecule has 0 spiro atoms. The molecular formula is C15H25NO2. The zero-order chi connectivity index (χ0) is 13.4. The van der Waals surface area contributed by atoms with Crippen LogP contribution in [0.25, 0.3) is 0 Å². The summed E-state index contributed by atoms with van der Waals surface area (Å²) in [6.45, 7) is 4.86. The number of hydrogen-bond acceptors (Lipinski definition) is 3. The first-order chi connectivity index (χ1) is 8.71. The van der Waals surface area contributed by atoms with Gasteiger partial charge in [-0.05, 0) is 30.5 Å². The SMILES string of the molecule is CCCC(N)C(CC)Oc1cccc(COC)c1. The normalized spacial score (nSPS) is 14.2. The monoisotopic (exact) mass is 251 g/mol. The Kier molecular flexibility index (Phi) is 6.76. The minimum Gasteiger partial charge on any atom is -0.489 e. The molecule has 0 saturated carbocycles. The molecule has 0 aliphatic heterocycles. The van der Waals surface area contributed by atoms with Crippen molar-refractivity contribution in [3.8, 4) is 5.75 Å². The predicted molar refractivity (Wildman–Crippen MR) is 74.7 cm³/mol. The Labute approximate surface area is 110 Å². The van der Waals surface area contributed by atoms with Gasteiger partial charge in [0.1, 0.15) is 11.9 Å². The molecule has 102 valence electrons. The van der Waals surface area contributed by atoms with Gasteiger partial charge in [-0.3, -0.25) is 0 Å². The van der Waals surface area contributed by atoms with Crippen LogP contribution < -0.4 is 10.5 Å². The van der Waals surface area contributed by atoms with E-state index in [1.165, 1.54) is 0 Å². The summed E-state index contributed by atoms with van der Waals surface area (Å²) in [5.74, 6) is 0.878.